The van der Waals surface area contributed by atoms with Crippen LogP contribution in [0.25, 0.3) is 0 Å². The zero-order chi connectivity index (χ0) is 16.4. The molecule has 0 aromatic carbocycles. The van der Waals surface area contributed by atoms with Gasteiger partial charge in [-0.15, -0.1) is 10.2 Å². The summed E-state index contributed by atoms with van der Waals surface area (Å²) in [5.74, 6) is -0.378. The summed E-state index contributed by atoms with van der Waals surface area (Å²) in [5.41, 5.74) is 0. The molecule has 2 heterocycles. The highest BCUT2D eigenvalue weighted by Crippen LogP contribution is 2.37. The topological polar surface area (TPSA) is 92.3 Å². The normalized spacial score (nSPS) is 24.0. The number of carbonyl (C=O) groups is 3. The summed E-state index contributed by atoms with van der Waals surface area (Å²) in [4.78, 5) is 37.9. The molecule has 23 heavy (non-hydrogen) atoms. The molecule has 2 atom stereocenters. The van der Waals surface area contributed by atoms with Crippen LogP contribution < -0.4 is 5.32 Å². The molecule has 1 aromatic heterocycles. The SMILES string of the molecule is CCSc1nnc(NC(=O)CN2C(=O)[C@H]3CCCC[C@@H]3C2=O)s1. The number of nitrogens with zero attached hydrogens (tertiary/aromatic N) is 3. The van der Waals surface area contributed by atoms with Crippen molar-refractivity contribution in [2.24, 2.45) is 11.8 Å². The highest BCUT2D eigenvalue weighted by molar-refractivity contribution is 8.01. The number of thioether (sulfide) groups is 1. The number of nitrogens with one attached hydrogen (secondary N) is 1. The maximum atomic E-state index is 12.3. The maximum Gasteiger partial charge on any atom is 0.246 e. The van der Waals surface area contributed by atoms with Crippen molar-refractivity contribution >= 4 is 46.0 Å². The van der Waals surface area contributed by atoms with E-state index in [-0.39, 0.29) is 30.2 Å². The van der Waals surface area contributed by atoms with Gasteiger partial charge in [0.05, 0.1) is 11.8 Å². The van der Waals surface area contributed by atoms with Crippen LogP contribution in [-0.4, -0.2) is 45.1 Å². The molecule has 1 saturated carbocycles. The van der Waals surface area contributed by atoms with Gasteiger partial charge in [0, 0.05) is 0 Å². The molecule has 2 fully saturated rings. The minimum atomic E-state index is -0.408. The largest absolute Gasteiger partial charge is 0.299 e. The summed E-state index contributed by atoms with van der Waals surface area (Å²) >= 11 is 2.83. The van der Waals surface area contributed by atoms with Crippen molar-refractivity contribution < 1.29 is 14.4 Å². The van der Waals surface area contributed by atoms with Crippen LogP contribution in [0.15, 0.2) is 4.34 Å². The van der Waals surface area contributed by atoms with Crippen molar-refractivity contribution in [2.45, 2.75) is 36.9 Å². The first-order valence-electron chi connectivity index (χ1n) is 7.71. The first-order chi connectivity index (χ1) is 11.1. The highest BCUT2D eigenvalue weighted by atomic mass is 32.2. The molecule has 3 rings (SSSR count). The second kappa shape index (κ2) is 6.96. The average Bonchev–Trinajstić information content (AvgIpc) is 3.07. The van der Waals surface area contributed by atoms with Gasteiger partial charge in [-0.05, 0) is 18.6 Å². The first-order valence-corrected chi connectivity index (χ1v) is 9.51. The van der Waals surface area contributed by atoms with Crippen LogP contribution in [0.5, 0.6) is 0 Å². The van der Waals surface area contributed by atoms with E-state index in [9.17, 15) is 14.4 Å². The van der Waals surface area contributed by atoms with Crippen molar-refractivity contribution in [3.05, 3.63) is 0 Å². The third kappa shape index (κ3) is 3.40. The summed E-state index contributed by atoms with van der Waals surface area (Å²) < 4.78 is 0.780. The molecule has 1 aliphatic carbocycles. The van der Waals surface area contributed by atoms with Crippen LogP contribution in [0.1, 0.15) is 32.6 Å². The Labute approximate surface area is 142 Å². The highest BCUT2D eigenvalue weighted by Gasteiger charge is 2.48. The van der Waals surface area contributed by atoms with Crippen LogP contribution >= 0.6 is 23.1 Å². The molecule has 9 heteroatoms. The maximum absolute atomic E-state index is 12.3. The first kappa shape index (κ1) is 16.4. The lowest BCUT2D eigenvalue weighted by atomic mass is 9.81. The molecule has 0 bridgehead atoms. The van der Waals surface area contributed by atoms with E-state index in [2.05, 4.69) is 15.5 Å². The van der Waals surface area contributed by atoms with Gasteiger partial charge in [-0.3, -0.25) is 24.6 Å². The number of rotatable bonds is 5. The van der Waals surface area contributed by atoms with E-state index in [1.165, 1.54) is 11.3 Å². The van der Waals surface area contributed by atoms with Crippen LogP contribution in [-0.2, 0) is 14.4 Å². The monoisotopic (exact) mass is 354 g/mol. The number of aromatic nitrogens is 2. The average molecular weight is 354 g/mol. The van der Waals surface area contributed by atoms with Crippen LogP contribution in [0.3, 0.4) is 0 Å². The molecule has 124 valence electrons. The summed E-state index contributed by atoms with van der Waals surface area (Å²) in [6.45, 7) is 1.77. The van der Waals surface area contributed by atoms with E-state index in [0.717, 1.165) is 40.7 Å². The van der Waals surface area contributed by atoms with E-state index >= 15 is 0 Å². The van der Waals surface area contributed by atoms with E-state index < -0.39 is 5.91 Å². The Hall–Kier alpha value is -1.48. The Morgan fingerprint density at radius 3 is 2.52 bits per heavy atom. The number of likely N-dealkylation sites (tertiary alicyclic amines) is 1. The Bertz CT molecular complexity index is 609. The van der Waals surface area contributed by atoms with Crippen LogP contribution in [0, 0.1) is 11.8 Å². The zero-order valence-corrected chi connectivity index (χ0v) is 14.4. The molecular formula is C14H18N4O3S2. The molecule has 3 amide bonds. The summed E-state index contributed by atoms with van der Waals surface area (Å²) in [6, 6.07) is 0. The quantitative estimate of drug-likeness (QED) is 0.492. The van der Waals surface area contributed by atoms with Crippen LogP contribution in [0.4, 0.5) is 5.13 Å². The standard InChI is InChI=1S/C14H18N4O3S2/c1-2-22-14-17-16-13(23-14)15-10(19)7-18-11(20)8-5-3-4-6-9(8)12(18)21/h8-9H,2-7H2,1H3,(H,15,16,19)/t8-,9-/m0/s1. The Kier molecular flexibility index (Phi) is 4.96. The van der Waals surface area contributed by atoms with Gasteiger partial charge in [0.25, 0.3) is 0 Å². The van der Waals surface area contributed by atoms with Gasteiger partial charge in [0.1, 0.15) is 6.54 Å². The molecule has 0 unspecified atom stereocenters. The Morgan fingerprint density at radius 1 is 1.26 bits per heavy atom. The minimum absolute atomic E-state index is 0.200. The van der Waals surface area contributed by atoms with E-state index in [0.29, 0.717) is 5.13 Å². The van der Waals surface area contributed by atoms with Gasteiger partial charge in [0.15, 0.2) is 4.34 Å². The number of carbonyl (C=O) groups excluding carboxylic acids is 3. The second-order valence-corrected chi connectivity index (χ2v) is 8.10. The number of hydrogen-bond acceptors (Lipinski definition) is 7. The zero-order valence-electron chi connectivity index (χ0n) is 12.8. The minimum Gasteiger partial charge on any atom is -0.299 e. The van der Waals surface area contributed by atoms with Gasteiger partial charge >= 0.3 is 0 Å². The van der Waals surface area contributed by atoms with E-state index in [1.54, 1.807) is 11.8 Å². The molecule has 1 aliphatic heterocycles. The summed E-state index contributed by atoms with van der Waals surface area (Å²) in [6.07, 6.45) is 3.45. The lowest BCUT2D eigenvalue weighted by Gasteiger charge is -2.19. The fourth-order valence-corrected chi connectivity index (χ4v) is 4.80. The number of imide groups is 1. The van der Waals surface area contributed by atoms with Crippen molar-refractivity contribution in [3.63, 3.8) is 0 Å². The second-order valence-electron chi connectivity index (χ2n) is 5.61. The molecule has 2 aliphatic rings. The van der Waals surface area contributed by atoms with Crippen molar-refractivity contribution in [3.8, 4) is 0 Å². The Balaban J connectivity index is 1.60. The van der Waals surface area contributed by atoms with Crippen molar-refractivity contribution in [1.82, 2.24) is 15.1 Å². The summed E-state index contributed by atoms with van der Waals surface area (Å²) in [5, 5.41) is 10.8. The third-order valence-electron chi connectivity index (χ3n) is 4.15. The summed E-state index contributed by atoms with van der Waals surface area (Å²) in [7, 11) is 0. The van der Waals surface area contributed by atoms with Gasteiger partial charge < -0.3 is 0 Å². The molecule has 1 aromatic rings. The predicted octanol–water partition coefficient (Wildman–Crippen LogP) is 1.76. The van der Waals surface area contributed by atoms with Crippen molar-refractivity contribution in [2.75, 3.05) is 17.6 Å². The fourth-order valence-electron chi connectivity index (χ4n) is 3.13. The lowest BCUT2D eigenvalue weighted by Crippen LogP contribution is -2.38. The van der Waals surface area contributed by atoms with Gasteiger partial charge in [-0.25, -0.2) is 0 Å². The fraction of sp³-hybridized carbons (Fsp3) is 0.643. The van der Waals surface area contributed by atoms with Gasteiger partial charge in [0.2, 0.25) is 22.9 Å². The molecule has 7 nitrogen and oxygen atoms in total. The van der Waals surface area contributed by atoms with Gasteiger partial charge in [-0.2, -0.15) is 0 Å². The van der Waals surface area contributed by atoms with E-state index in [4.69, 9.17) is 0 Å². The Morgan fingerprint density at radius 2 is 1.91 bits per heavy atom. The molecule has 1 N–H and O–H groups in total. The number of hydrogen-bond donors (Lipinski definition) is 1. The number of amides is 3. The molecular weight excluding hydrogens is 336 g/mol. The van der Waals surface area contributed by atoms with Crippen LogP contribution in [0.2, 0.25) is 0 Å². The number of anilines is 1. The predicted molar refractivity (Wildman–Crippen MR) is 87.1 cm³/mol. The smallest absolute Gasteiger partial charge is 0.246 e. The number of fused-ring (bicyclic) bond motifs is 1. The van der Waals surface area contributed by atoms with E-state index in [1.807, 2.05) is 6.92 Å². The molecule has 0 radical (unpaired) electrons. The third-order valence-corrected chi connectivity index (χ3v) is 6.01. The lowest BCUT2D eigenvalue weighted by molar-refractivity contribution is -0.142. The molecule has 0 spiro atoms. The molecule has 1 saturated heterocycles. The van der Waals surface area contributed by atoms with Crippen molar-refractivity contribution in [1.29, 1.82) is 0 Å². The van der Waals surface area contributed by atoms with Gasteiger partial charge in [-0.1, -0.05) is 42.9 Å².